The van der Waals surface area contributed by atoms with Crippen LogP contribution in [0.1, 0.15) is 55.4 Å². The van der Waals surface area contributed by atoms with Crippen LogP contribution < -0.4 is 10.6 Å². The van der Waals surface area contributed by atoms with Gasteiger partial charge in [-0.2, -0.15) is 0 Å². The van der Waals surface area contributed by atoms with Gasteiger partial charge in [0, 0.05) is 13.8 Å². The lowest BCUT2D eigenvalue weighted by molar-refractivity contribution is -0.403. The van der Waals surface area contributed by atoms with Crippen LogP contribution in [0.2, 0.25) is 0 Å². The summed E-state index contributed by atoms with van der Waals surface area (Å²) in [6, 6.07) is -3.39. The van der Waals surface area contributed by atoms with E-state index in [9.17, 15) is 102 Å². The summed E-state index contributed by atoms with van der Waals surface area (Å²) in [5.41, 5.74) is 0. The predicted molar refractivity (Wildman–Crippen MR) is 279 cm³/mol. The minimum absolute atomic E-state index is 0.746. The SMILES string of the molecule is CC(=O)N[C@H]1[C@H](O[C@H]2[C@H](O[C@H]3[C@H](O[C@@H]4[C@@H](O)[C@H](C)O[C@@H](O[C@H]5[C@H](O)[C@@H](CO)O[C@@H](O[C@H]6[C@H](O[C@H]7[C@H](O[C@@H]8[C@@H](O)[C@H](C)O[C@@H](O)[C@@H]8O)O[C@@H](C)[C@H](O)[C@H]7O)O[C@@H](C)[C@H](O)[C@H]6O)[C@@H]5NC(C)=O)[C@@H]4O)O[C@@H](C)[C@H](O)[C@H]3O)O[C@@H](C)[C@H](O)[C@H]2O)O[C@H](CO)[C@@H](O)[C@@H]1O. The van der Waals surface area contributed by atoms with E-state index < -0.39 is 271 Å². The number of aliphatic hydroxyl groups is 18. The van der Waals surface area contributed by atoms with E-state index in [0.717, 1.165) is 13.8 Å². The number of hydrogen-bond donors (Lipinski definition) is 20. The van der Waals surface area contributed by atoms with Crippen LogP contribution in [0.15, 0.2) is 0 Å². The van der Waals surface area contributed by atoms with Crippen molar-refractivity contribution in [1.29, 1.82) is 0 Å². The van der Waals surface area contributed by atoms with Crippen LogP contribution in [-0.2, 0) is 80.6 Å². The average Bonchev–Trinajstić information content (AvgIpc) is 2.65. The van der Waals surface area contributed by atoms with E-state index in [1.165, 1.54) is 41.5 Å². The minimum Gasteiger partial charge on any atom is -0.394 e. The Morgan fingerprint density at radius 2 is 0.584 bits per heavy atom. The molecule has 37 nitrogen and oxygen atoms in total. The van der Waals surface area contributed by atoms with Crippen molar-refractivity contribution in [2.75, 3.05) is 13.2 Å². The van der Waals surface area contributed by atoms with Crippen LogP contribution in [0, 0.1) is 0 Å². The lowest BCUT2D eigenvalue weighted by Crippen LogP contribution is -2.70. The zero-order valence-electron chi connectivity index (χ0n) is 49.5. The first-order valence-corrected chi connectivity index (χ1v) is 29.3. The Morgan fingerprint density at radius 1 is 0.292 bits per heavy atom. The topological polar surface area (TPSA) is 561 Å². The molecule has 20 N–H and O–H groups in total. The van der Waals surface area contributed by atoms with Crippen LogP contribution in [0.4, 0.5) is 0 Å². The van der Waals surface area contributed by atoms with Crippen molar-refractivity contribution in [3.63, 3.8) is 0 Å². The normalized spacial score (nSPS) is 53.4. The zero-order valence-corrected chi connectivity index (χ0v) is 49.5. The number of nitrogens with one attached hydrogen (secondary N) is 2. The molecule has 2 amide bonds. The summed E-state index contributed by atoms with van der Waals surface area (Å²) in [5, 5.41) is 205. The smallest absolute Gasteiger partial charge is 0.217 e. The molecular weight excluding hydrogens is 1210 g/mol. The van der Waals surface area contributed by atoms with Crippen LogP contribution in [0.5, 0.6) is 0 Å². The molecular formula is C52H88N2O35. The highest BCUT2D eigenvalue weighted by Gasteiger charge is 2.60. The summed E-state index contributed by atoms with van der Waals surface area (Å²) in [6.07, 6.45) is -67.8. The van der Waals surface area contributed by atoms with Gasteiger partial charge in [0.05, 0.1) is 49.8 Å². The van der Waals surface area contributed by atoms with Gasteiger partial charge in [-0.3, -0.25) is 9.59 Å². The monoisotopic (exact) mass is 1300 g/mol. The highest BCUT2D eigenvalue weighted by Crippen LogP contribution is 2.39. The van der Waals surface area contributed by atoms with Gasteiger partial charge in [0.2, 0.25) is 11.8 Å². The molecule has 8 rings (SSSR count). The standard InChI is InChI=1S/C52H88N2O35/c1-11-25(61)34(70)43(49(77-11)84-39-27(63)15(5)75-45(74)36(39)72)88-52-42(33(69)24(60)14(4)80-52)87-47-22(54-18(8)58)38(30(66)20(10-56)82-47)83-48-37(73)40(28(64)16(6)76-48)85-50-44(35(71)26(62)12(2)78-50)89-51-41(32(68)23(59)13(3)79-51)86-46-21(53-17(7)57)31(67)29(65)19(9-55)81-46/h11-16,19-52,55-56,59-74H,9-10H2,1-8H3,(H,53,57)(H,54,58)/t11-,12-,13-,14-,15-,16-,19+,20+,21+,22+,23-,24-,25-,26-,27-,28-,29+,30+,31+,32+,33+,34+,35+,36+,37+,38+,39+,40+,41+,42+,43+,44+,45+,46-,47-,48-,49-,50-,51-,52-/m0/s1. The van der Waals surface area contributed by atoms with Crippen LogP contribution >= 0.6 is 0 Å². The van der Waals surface area contributed by atoms with Crippen molar-refractivity contribution in [3.8, 4) is 0 Å². The van der Waals surface area contributed by atoms with Crippen molar-refractivity contribution in [2.45, 2.75) is 301 Å². The Labute approximate surface area is 508 Å². The van der Waals surface area contributed by atoms with Crippen LogP contribution in [0.25, 0.3) is 0 Å². The van der Waals surface area contributed by atoms with Gasteiger partial charge in [0.15, 0.2) is 50.3 Å². The maximum absolute atomic E-state index is 13.1. The molecule has 0 saturated carbocycles. The third kappa shape index (κ3) is 15.3. The van der Waals surface area contributed by atoms with E-state index >= 15 is 0 Å². The number of ether oxygens (including phenoxy) is 15. The fraction of sp³-hybridized carbons (Fsp3) is 0.962. The molecule has 0 spiro atoms. The number of amides is 2. The number of hydrogen-bond acceptors (Lipinski definition) is 35. The summed E-state index contributed by atoms with van der Waals surface area (Å²) in [6.45, 7) is 8.10. The molecule has 8 aliphatic rings. The van der Waals surface area contributed by atoms with E-state index in [-0.39, 0.29) is 0 Å². The first-order chi connectivity index (χ1) is 41.8. The second-order valence-corrected chi connectivity index (χ2v) is 23.7. The highest BCUT2D eigenvalue weighted by molar-refractivity contribution is 5.73. The summed E-state index contributed by atoms with van der Waals surface area (Å²) in [5.74, 6) is -1.61. The van der Waals surface area contributed by atoms with Gasteiger partial charge in [0.1, 0.15) is 159 Å². The van der Waals surface area contributed by atoms with Crippen molar-refractivity contribution in [2.24, 2.45) is 0 Å². The van der Waals surface area contributed by atoms with Crippen LogP contribution in [-0.4, -0.2) is 362 Å². The number of carbonyl (C=O) groups excluding carboxylic acids is 2. The summed E-state index contributed by atoms with van der Waals surface area (Å²) >= 11 is 0. The fourth-order valence-corrected chi connectivity index (χ4v) is 11.9. The molecule has 0 bridgehead atoms. The molecule has 8 fully saturated rings. The van der Waals surface area contributed by atoms with E-state index in [1.54, 1.807) is 0 Å². The maximum Gasteiger partial charge on any atom is 0.217 e. The molecule has 0 unspecified atom stereocenters. The molecule has 37 heteroatoms. The Bertz CT molecular complexity index is 2260. The number of aliphatic hydroxyl groups excluding tert-OH is 18. The first kappa shape index (κ1) is 72.4. The first-order valence-electron chi connectivity index (χ1n) is 29.3. The molecule has 0 aromatic carbocycles. The molecule has 0 aliphatic carbocycles. The zero-order chi connectivity index (χ0) is 65.7. The third-order valence-electron chi connectivity index (χ3n) is 17.2. The second kappa shape index (κ2) is 30.1. The van der Waals surface area contributed by atoms with Gasteiger partial charge in [-0.1, -0.05) is 0 Å². The van der Waals surface area contributed by atoms with Crippen molar-refractivity contribution in [3.05, 3.63) is 0 Å². The molecule has 8 saturated heterocycles. The molecule has 8 aliphatic heterocycles. The van der Waals surface area contributed by atoms with Crippen molar-refractivity contribution >= 4 is 11.8 Å². The molecule has 0 aromatic rings. The predicted octanol–water partition coefficient (Wildman–Crippen LogP) is -12.0. The summed E-state index contributed by atoms with van der Waals surface area (Å²) in [7, 11) is 0. The molecule has 0 aromatic heterocycles. The third-order valence-corrected chi connectivity index (χ3v) is 17.2. The summed E-state index contributed by atoms with van der Waals surface area (Å²) in [4.78, 5) is 25.3. The molecule has 40 atom stereocenters. The lowest BCUT2D eigenvalue weighted by Gasteiger charge is -2.51. The fourth-order valence-electron chi connectivity index (χ4n) is 11.9. The Hall–Kier alpha value is -2.38. The van der Waals surface area contributed by atoms with Crippen molar-refractivity contribution < 1.29 is 173 Å². The van der Waals surface area contributed by atoms with E-state index in [1.807, 2.05) is 0 Å². The van der Waals surface area contributed by atoms with Gasteiger partial charge < -0.3 is 174 Å². The second-order valence-electron chi connectivity index (χ2n) is 23.7. The van der Waals surface area contributed by atoms with Gasteiger partial charge in [0.25, 0.3) is 0 Å². The number of carbonyl (C=O) groups is 2. The van der Waals surface area contributed by atoms with Crippen molar-refractivity contribution in [1.82, 2.24) is 10.6 Å². The largest absolute Gasteiger partial charge is 0.394 e. The quantitative estimate of drug-likeness (QED) is 0.0606. The van der Waals surface area contributed by atoms with E-state index in [2.05, 4.69) is 10.6 Å². The summed E-state index contributed by atoms with van der Waals surface area (Å²) < 4.78 is 89.2. The molecule has 0 radical (unpaired) electrons. The Balaban J connectivity index is 1.04. The minimum atomic E-state index is -2.20. The van der Waals surface area contributed by atoms with Gasteiger partial charge >= 0.3 is 0 Å². The highest BCUT2D eigenvalue weighted by atomic mass is 16.8. The van der Waals surface area contributed by atoms with E-state index in [4.69, 9.17) is 71.1 Å². The molecule has 8 heterocycles. The Kier molecular flexibility index (Phi) is 24.5. The molecule has 89 heavy (non-hydrogen) atoms. The maximum atomic E-state index is 13.1. The number of rotatable bonds is 18. The van der Waals surface area contributed by atoms with Gasteiger partial charge in [-0.25, -0.2) is 0 Å². The van der Waals surface area contributed by atoms with Gasteiger partial charge in [-0.15, -0.1) is 0 Å². The average molecular weight is 1300 g/mol. The molecule has 516 valence electrons. The lowest BCUT2D eigenvalue weighted by atomic mass is 9.94. The van der Waals surface area contributed by atoms with Gasteiger partial charge in [-0.05, 0) is 41.5 Å². The Morgan fingerprint density at radius 3 is 0.966 bits per heavy atom. The van der Waals surface area contributed by atoms with Crippen LogP contribution in [0.3, 0.4) is 0 Å². The van der Waals surface area contributed by atoms with E-state index in [0.29, 0.717) is 0 Å².